The van der Waals surface area contributed by atoms with E-state index in [1.165, 1.54) is 0 Å². The molecular formula is C13H16N2O2S. The van der Waals surface area contributed by atoms with Gasteiger partial charge in [-0.1, -0.05) is 23.9 Å². The van der Waals surface area contributed by atoms with Gasteiger partial charge < -0.3 is 10.1 Å². The molecule has 0 saturated carbocycles. The van der Waals surface area contributed by atoms with Crippen LogP contribution in [0.2, 0.25) is 0 Å². The van der Waals surface area contributed by atoms with Crippen LogP contribution in [0.25, 0.3) is 11.0 Å². The third-order valence-electron chi connectivity index (χ3n) is 2.91. The van der Waals surface area contributed by atoms with Gasteiger partial charge in [0.1, 0.15) is 0 Å². The molecule has 1 heterocycles. The fraction of sp³-hybridized carbons (Fsp3) is 0.385. The second-order valence-electron chi connectivity index (χ2n) is 4.85. The summed E-state index contributed by atoms with van der Waals surface area (Å²) < 4.78 is 0. The van der Waals surface area contributed by atoms with Crippen LogP contribution in [0.15, 0.2) is 29.4 Å². The summed E-state index contributed by atoms with van der Waals surface area (Å²) >= 11 is 1.56. The number of H-pyrrole nitrogens is 1. The number of imidazole rings is 1. The van der Waals surface area contributed by atoms with Crippen LogP contribution in [0.4, 0.5) is 0 Å². The van der Waals surface area contributed by atoms with Gasteiger partial charge in [0.25, 0.3) is 0 Å². The third kappa shape index (κ3) is 2.85. The summed E-state index contributed by atoms with van der Waals surface area (Å²) in [7, 11) is 0. The molecule has 0 bridgehead atoms. The van der Waals surface area contributed by atoms with Crippen molar-refractivity contribution in [2.45, 2.75) is 25.4 Å². The molecule has 4 nitrogen and oxygen atoms in total. The highest BCUT2D eigenvalue weighted by Gasteiger charge is 2.26. The van der Waals surface area contributed by atoms with Gasteiger partial charge in [0.15, 0.2) is 5.16 Å². The van der Waals surface area contributed by atoms with E-state index in [4.69, 9.17) is 5.11 Å². The Kier molecular flexibility index (Phi) is 3.61. The van der Waals surface area contributed by atoms with Gasteiger partial charge in [-0.15, -0.1) is 0 Å². The Hall–Kier alpha value is -1.49. The van der Waals surface area contributed by atoms with Crippen LogP contribution in [0.3, 0.4) is 0 Å². The summed E-state index contributed by atoms with van der Waals surface area (Å²) in [5.41, 5.74) is 1.27. The molecule has 5 heteroatoms. The number of hydrogen-bond donors (Lipinski definition) is 2. The van der Waals surface area contributed by atoms with Crippen molar-refractivity contribution in [3.63, 3.8) is 0 Å². The Labute approximate surface area is 110 Å². The van der Waals surface area contributed by atoms with Crippen molar-refractivity contribution in [3.05, 3.63) is 24.3 Å². The first-order valence-corrected chi connectivity index (χ1v) is 6.78. The van der Waals surface area contributed by atoms with Gasteiger partial charge in [-0.25, -0.2) is 4.98 Å². The Morgan fingerprint density at radius 3 is 2.83 bits per heavy atom. The van der Waals surface area contributed by atoms with Gasteiger partial charge in [0.05, 0.1) is 16.4 Å². The SMILES string of the molecule is CC(C)(CCSc1nc2ccccc2[nH]1)C(=O)O. The number of carboxylic acids is 1. The average Bonchev–Trinajstić information content (AvgIpc) is 2.70. The summed E-state index contributed by atoms with van der Waals surface area (Å²) in [6, 6.07) is 7.85. The zero-order valence-electron chi connectivity index (χ0n) is 10.4. The lowest BCUT2D eigenvalue weighted by molar-refractivity contribution is -0.146. The predicted molar refractivity (Wildman–Crippen MR) is 72.9 cm³/mol. The maximum absolute atomic E-state index is 11.0. The molecule has 96 valence electrons. The number of aliphatic carboxylic acids is 1. The molecule has 0 aliphatic rings. The number of rotatable bonds is 5. The largest absolute Gasteiger partial charge is 0.481 e. The zero-order valence-corrected chi connectivity index (χ0v) is 11.3. The predicted octanol–water partition coefficient (Wildman–Crippen LogP) is 3.16. The van der Waals surface area contributed by atoms with Crippen molar-refractivity contribution in [2.24, 2.45) is 5.41 Å². The number of carboxylic acid groups (broad SMARTS) is 1. The number of aromatic amines is 1. The highest BCUT2D eigenvalue weighted by atomic mass is 32.2. The van der Waals surface area contributed by atoms with Crippen molar-refractivity contribution in [3.8, 4) is 0 Å². The average molecular weight is 264 g/mol. The zero-order chi connectivity index (χ0) is 13.2. The number of para-hydroxylation sites is 2. The number of nitrogens with zero attached hydrogens (tertiary/aromatic N) is 1. The molecule has 0 fully saturated rings. The fourth-order valence-electron chi connectivity index (χ4n) is 1.51. The molecule has 0 aliphatic heterocycles. The van der Waals surface area contributed by atoms with E-state index in [2.05, 4.69) is 9.97 Å². The van der Waals surface area contributed by atoms with Crippen molar-refractivity contribution in [1.29, 1.82) is 0 Å². The third-order valence-corrected chi connectivity index (χ3v) is 3.79. The van der Waals surface area contributed by atoms with Crippen LogP contribution in [-0.4, -0.2) is 26.8 Å². The normalized spacial score (nSPS) is 11.9. The second-order valence-corrected chi connectivity index (χ2v) is 5.93. The monoisotopic (exact) mass is 264 g/mol. The topological polar surface area (TPSA) is 66.0 Å². The van der Waals surface area contributed by atoms with E-state index >= 15 is 0 Å². The van der Waals surface area contributed by atoms with Gasteiger partial charge in [-0.3, -0.25) is 4.79 Å². The second kappa shape index (κ2) is 5.02. The summed E-state index contributed by atoms with van der Waals surface area (Å²) in [6.07, 6.45) is 0.615. The lowest BCUT2D eigenvalue weighted by Gasteiger charge is -2.17. The first kappa shape index (κ1) is 13.0. The van der Waals surface area contributed by atoms with Crippen LogP contribution in [-0.2, 0) is 4.79 Å². The number of carbonyl (C=O) groups is 1. The van der Waals surface area contributed by atoms with Crippen molar-refractivity contribution in [1.82, 2.24) is 9.97 Å². The lowest BCUT2D eigenvalue weighted by atomic mass is 9.91. The quantitative estimate of drug-likeness (QED) is 0.814. The molecule has 1 aromatic carbocycles. The minimum Gasteiger partial charge on any atom is -0.481 e. The molecular weight excluding hydrogens is 248 g/mol. The Morgan fingerprint density at radius 2 is 2.17 bits per heavy atom. The van der Waals surface area contributed by atoms with E-state index in [0.29, 0.717) is 6.42 Å². The van der Waals surface area contributed by atoms with Gasteiger partial charge in [0.2, 0.25) is 0 Å². The van der Waals surface area contributed by atoms with Gasteiger partial charge in [-0.2, -0.15) is 0 Å². The molecule has 18 heavy (non-hydrogen) atoms. The van der Waals surface area contributed by atoms with Gasteiger partial charge >= 0.3 is 5.97 Å². The van der Waals surface area contributed by atoms with Crippen LogP contribution in [0.1, 0.15) is 20.3 Å². The number of nitrogens with one attached hydrogen (secondary N) is 1. The molecule has 2 rings (SSSR count). The number of benzene rings is 1. The molecule has 0 saturated heterocycles. The van der Waals surface area contributed by atoms with Gasteiger partial charge in [-0.05, 0) is 32.4 Å². The summed E-state index contributed by atoms with van der Waals surface area (Å²) in [5, 5.41) is 9.86. The van der Waals surface area contributed by atoms with Crippen LogP contribution >= 0.6 is 11.8 Å². The molecule has 0 amide bonds. The van der Waals surface area contributed by atoms with Crippen LogP contribution in [0, 0.1) is 5.41 Å². The van der Waals surface area contributed by atoms with Crippen molar-refractivity contribution < 1.29 is 9.90 Å². The standard InChI is InChI=1S/C13H16N2O2S/c1-13(2,11(16)17)7-8-18-12-14-9-5-3-4-6-10(9)15-12/h3-6H,7-8H2,1-2H3,(H,14,15)(H,16,17). The smallest absolute Gasteiger partial charge is 0.309 e. The van der Waals surface area contributed by atoms with E-state index in [1.807, 2.05) is 24.3 Å². The van der Waals surface area contributed by atoms with E-state index in [-0.39, 0.29) is 0 Å². The van der Waals surface area contributed by atoms with Gasteiger partial charge in [0, 0.05) is 5.75 Å². The first-order chi connectivity index (χ1) is 8.49. The first-order valence-electron chi connectivity index (χ1n) is 5.80. The maximum Gasteiger partial charge on any atom is 0.309 e. The molecule has 0 aliphatic carbocycles. The fourth-order valence-corrected chi connectivity index (χ4v) is 2.66. The Balaban J connectivity index is 1.96. The molecule has 0 spiro atoms. The minimum absolute atomic E-state index is 0.615. The molecule has 2 N–H and O–H groups in total. The summed E-state index contributed by atoms with van der Waals surface area (Å²) in [6.45, 7) is 3.49. The Bertz CT molecular complexity index is 530. The summed E-state index contributed by atoms with van der Waals surface area (Å²) in [5.74, 6) is -0.0215. The van der Waals surface area contributed by atoms with Crippen LogP contribution in [0.5, 0.6) is 0 Å². The van der Waals surface area contributed by atoms with Crippen molar-refractivity contribution >= 4 is 28.8 Å². The maximum atomic E-state index is 11.0. The highest BCUT2D eigenvalue weighted by Crippen LogP contribution is 2.26. The van der Waals surface area contributed by atoms with Crippen LogP contribution < -0.4 is 0 Å². The number of thioether (sulfide) groups is 1. The number of aromatic nitrogens is 2. The number of hydrogen-bond acceptors (Lipinski definition) is 3. The molecule has 2 aromatic rings. The minimum atomic E-state index is -0.757. The van der Waals surface area contributed by atoms with Crippen molar-refractivity contribution in [2.75, 3.05) is 5.75 Å². The molecule has 1 aromatic heterocycles. The molecule has 0 unspecified atom stereocenters. The molecule has 0 atom stereocenters. The van der Waals surface area contributed by atoms with E-state index in [0.717, 1.165) is 21.9 Å². The van der Waals surface area contributed by atoms with E-state index < -0.39 is 11.4 Å². The van der Waals surface area contributed by atoms with E-state index in [1.54, 1.807) is 25.6 Å². The lowest BCUT2D eigenvalue weighted by Crippen LogP contribution is -2.24. The number of fused-ring (bicyclic) bond motifs is 1. The Morgan fingerprint density at radius 1 is 1.44 bits per heavy atom. The molecule has 0 radical (unpaired) electrons. The summed E-state index contributed by atoms with van der Waals surface area (Å²) in [4.78, 5) is 18.6. The van der Waals surface area contributed by atoms with E-state index in [9.17, 15) is 4.79 Å². The highest BCUT2D eigenvalue weighted by molar-refractivity contribution is 7.99.